The summed E-state index contributed by atoms with van der Waals surface area (Å²) in [6.45, 7) is 0.710. The molecule has 1 fully saturated rings. The van der Waals surface area contributed by atoms with E-state index in [1.54, 1.807) is 6.33 Å². The summed E-state index contributed by atoms with van der Waals surface area (Å²) in [6.07, 6.45) is 5.47. The van der Waals surface area contributed by atoms with Gasteiger partial charge in [0.2, 0.25) is 0 Å². The van der Waals surface area contributed by atoms with E-state index in [1.807, 2.05) is 0 Å². The maximum Gasteiger partial charge on any atom is 0.0925 e. The molecule has 0 saturated heterocycles. The second-order valence-electron chi connectivity index (χ2n) is 4.38. The van der Waals surface area contributed by atoms with Crippen molar-refractivity contribution in [3.05, 3.63) is 17.7 Å². The molecule has 1 aromatic rings. The van der Waals surface area contributed by atoms with Gasteiger partial charge in [-0.3, -0.25) is 0 Å². The summed E-state index contributed by atoms with van der Waals surface area (Å²) in [5.74, 6) is 0.798. The average molecular weight is 192 g/mol. The van der Waals surface area contributed by atoms with Crippen LogP contribution >= 0.6 is 0 Å². The van der Waals surface area contributed by atoms with E-state index in [0.29, 0.717) is 18.6 Å². The highest BCUT2D eigenvalue weighted by Crippen LogP contribution is 2.42. The van der Waals surface area contributed by atoms with Crippen LogP contribution in [-0.4, -0.2) is 22.6 Å². The van der Waals surface area contributed by atoms with Crippen molar-refractivity contribution in [1.82, 2.24) is 15.3 Å². The minimum atomic E-state index is 0.425. The molecule has 14 heavy (non-hydrogen) atoms. The van der Waals surface area contributed by atoms with Crippen LogP contribution in [0.4, 0.5) is 0 Å². The summed E-state index contributed by atoms with van der Waals surface area (Å²) in [7, 11) is 0. The molecular formula is C10H16N4. The van der Waals surface area contributed by atoms with Crippen molar-refractivity contribution < 1.29 is 0 Å². The largest absolute Gasteiger partial charge is 0.348 e. The monoisotopic (exact) mass is 192 g/mol. The minimum absolute atomic E-state index is 0.425. The van der Waals surface area contributed by atoms with Crippen molar-refractivity contribution in [1.29, 1.82) is 0 Å². The summed E-state index contributed by atoms with van der Waals surface area (Å²) in [5.41, 5.74) is 8.24. The summed E-state index contributed by atoms with van der Waals surface area (Å²) >= 11 is 0. The standard InChI is InChI=1S/C10H16N4/c11-4-7-3-8-10(13-5-12-8)9(14-7)6-1-2-6/h5-7,9,14H,1-4,11H2,(H,12,13). The van der Waals surface area contributed by atoms with Gasteiger partial charge in [-0.2, -0.15) is 0 Å². The fourth-order valence-electron chi connectivity index (χ4n) is 2.34. The smallest absolute Gasteiger partial charge is 0.0925 e. The van der Waals surface area contributed by atoms with E-state index in [-0.39, 0.29) is 0 Å². The molecule has 1 aliphatic heterocycles. The normalized spacial score (nSPS) is 31.5. The van der Waals surface area contributed by atoms with Crippen LogP contribution in [0.15, 0.2) is 6.33 Å². The third-order valence-corrected chi connectivity index (χ3v) is 3.29. The number of nitrogens with zero attached hydrogens (tertiary/aromatic N) is 1. The Hall–Kier alpha value is -0.870. The van der Waals surface area contributed by atoms with E-state index in [0.717, 1.165) is 12.3 Å². The van der Waals surface area contributed by atoms with Crippen molar-refractivity contribution in [2.75, 3.05) is 6.54 Å². The second-order valence-corrected chi connectivity index (χ2v) is 4.38. The quantitative estimate of drug-likeness (QED) is 0.632. The molecule has 1 aromatic heterocycles. The fourth-order valence-corrected chi connectivity index (χ4v) is 2.34. The Balaban J connectivity index is 1.91. The maximum atomic E-state index is 5.72. The molecule has 3 rings (SSSR count). The molecule has 0 spiro atoms. The molecule has 0 bridgehead atoms. The number of hydrogen-bond acceptors (Lipinski definition) is 3. The average Bonchev–Trinajstić information content (AvgIpc) is 2.95. The lowest BCUT2D eigenvalue weighted by atomic mass is 9.96. The Kier molecular flexibility index (Phi) is 1.85. The molecule has 1 aliphatic carbocycles. The number of aromatic nitrogens is 2. The van der Waals surface area contributed by atoms with Crippen LogP contribution in [0.1, 0.15) is 30.3 Å². The van der Waals surface area contributed by atoms with Crippen LogP contribution in [0.5, 0.6) is 0 Å². The zero-order chi connectivity index (χ0) is 9.54. The number of rotatable bonds is 2. The number of fused-ring (bicyclic) bond motifs is 1. The van der Waals surface area contributed by atoms with E-state index in [9.17, 15) is 0 Å². The van der Waals surface area contributed by atoms with Crippen LogP contribution in [0.25, 0.3) is 0 Å². The summed E-state index contributed by atoms with van der Waals surface area (Å²) in [4.78, 5) is 7.64. The van der Waals surface area contributed by atoms with Crippen LogP contribution in [0, 0.1) is 5.92 Å². The van der Waals surface area contributed by atoms with Crippen LogP contribution in [0.3, 0.4) is 0 Å². The van der Waals surface area contributed by atoms with E-state index < -0.39 is 0 Å². The molecule has 0 radical (unpaired) electrons. The fraction of sp³-hybridized carbons (Fsp3) is 0.700. The molecule has 2 unspecified atom stereocenters. The van der Waals surface area contributed by atoms with Gasteiger partial charge >= 0.3 is 0 Å². The highest BCUT2D eigenvalue weighted by Gasteiger charge is 2.38. The lowest BCUT2D eigenvalue weighted by Gasteiger charge is -2.29. The molecule has 76 valence electrons. The SMILES string of the molecule is NCC1Cc2[nH]cnc2C(C2CC2)N1. The van der Waals surface area contributed by atoms with Crippen molar-refractivity contribution in [3.63, 3.8) is 0 Å². The van der Waals surface area contributed by atoms with Crippen LogP contribution in [0.2, 0.25) is 0 Å². The van der Waals surface area contributed by atoms with Gasteiger partial charge < -0.3 is 16.0 Å². The number of nitrogens with one attached hydrogen (secondary N) is 2. The van der Waals surface area contributed by atoms with Gasteiger partial charge in [0.1, 0.15) is 0 Å². The van der Waals surface area contributed by atoms with Gasteiger partial charge in [0.15, 0.2) is 0 Å². The molecule has 0 amide bonds. The zero-order valence-electron chi connectivity index (χ0n) is 8.16. The molecule has 4 heteroatoms. The Labute approximate surface area is 83.3 Å². The maximum absolute atomic E-state index is 5.72. The minimum Gasteiger partial charge on any atom is -0.348 e. The summed E-state index contributed by atoms with van der Waals surface area (Å²) in [5, 5.41) is 3.60. The zero-order valence-corrected chi connectivity index (χ0v) is 8.16. The van der Waals surface area contributed by atoms with Gasteiger partial charge in [-0.25, -0.2) is 4.98 Å². The van der Waals surface area contributed by atoms with Crippen molar-refractivity contribution >= 4 is 0 Å². The first-order chi connectivity index (χ1) is 6.88. The van der Waals surface area contributed by atoms with Crippen LogP contribution < -0.4 is 11.1 Å². The van der Waals surface area contributed by atoms with Gasteiger partial charge in [0.05, 0.1) is 18.1 Å². The molecule has 2 aliphatic rings. The molecule has 4 nitrogen and oxygen atoms in total. The lowest BCUT2D eigenvalue weighted by molar-refractivity contribution is 0.369. The second kappa shape index (κ2) is 3.07. The number of nitrogens with two attached hydrogens (primary N) is 1. The molecular weight excluding hydrogens is 176 g/mol. The van der Waals surface area contributed by atoms with Crippen LogP contribution in [-0.2, 0) is 6.42 Å². The van der Waals surface area contributed by atoms with Gasteiger partial charge in [-0.1, -0.05) is 0 Å². The molecule has 2 heterocycles. The van der Waals surface area contributed by atoms with E-state index >= 15 is 0 Å². The molecule has 2 atom stereocenters. The van der Waals surface area contributed by atoms with E-state index in [2.05, 4.69) is 15.3 Å². The first kappa shape index (κ1) is 8.44. The van der Waals surface area contributed by atoms with Gasteiger partial charge in [-0.05, 0) is 18.8 Å². The van der Waals surface area contributed by atoms with Crippen molar-refractivity contribution in [2.24, 2.45) is 11.7 Å². The highest BCUT2D eigenvalue weighted by molar-refractivity contribution is 5.23. The number of hydrogen-bond donors (Lipinski definition) is 3. The topological polar surface area (TPSA) is 66.7 Å². The van der Waals surface area contributed by atoms with E-state index in [4.69, 9.17) is 5.73 Å². The highest BCUT2D eigenvalue weighted by atomic mass is 15.1. The first-order valence-corrected chi connectivity index (χ1v) is 5.36. The van der Waals surface area contributed by atoms with Crippen molar-refractivity contribution in [2.45, 2.75) is 31.3 Å². The lowest BCUT2D eigenvalue weighted by Crippen LogP contribution is -2.44. The number of H-pyrrole nitrogens is 1. The first-order valence-electron chi connectivity index (χ1n) is 5.36. The molecule has 1 saturated carbocycles. The Morgan fingerprint density at radius 2 is 2.36 bits per heavy atom. The predicted octanol–water partition coefficient (Wildman–Crippen LogP) is 0.334. The Morgan fingerprint density at radius 3 is 3.07 bits per heavy atom. The van der Waals surface area contributed by atoms with Crippen molar-refractivity contribution in [3.8, 4) is 0 Å². The third-order valence-electron chi connectivity index (χ3n) is 3.29. The van der Waals surface area contributed by atoms with Gasteiger partial charge in [0, 0.05) is 24.7 Å². The predicted molar refractivity (Wildman–Crippen MR) is 53.7 cm³/mol. The summed E-state index contributed by atoms with van der Waals surface area (Å²) < 4.78 is 0. The third kappa shape index (κ3) is 1.26. The number of imidazole rings is 1. The Bertz CT molecular complexity index is 329. The molecule has 4 N–H and O–H groups in total. The Morgan fingerprint density at radius 1 is 1.50 bits per heavy atom. The number of aromatic amines is 1. The van der Waals surface area contributed by atoms with Gasteiger partial charge in [-0.15, -0.1) is 0 Å². The molecule has 0 aromatic carbocycles. The summed E-state index contributed by atoms with van der Waals surface area (Å²) in [6, 6.07) is 0.882. The van der Waals surface area contributed by atoms with E-state index in [1.165, 1.54) is 24.2 Å². The van der Waals surface area contributed by atoms with Gasteiger partial charge in [0.25, 0.3) is 0 Å².